The monoisotopic (exact) mass is 389 g/mol. The van der Waals surface area contributed by atoms with Gasteiger partial charge in [0.2, 0.25) is 11.8 Å². The molecule has 146 valence electrons. The molecule has 0 radical (unpaired) electrons. The Kier molecular flexibility index (Phi) is 5.43. The second-order valence-corrected chi connectivity index (χ2v) is 9.14. The van der Waals surface area contributed by atoms with Gasteiger partial charge in [-0.2, -0.15) is 0 Å². The molecule has 0 bridgehead atoms. The Balaban J connectivity index is 1.39. The maximum atomic E-state index is 12.8. The molecule has 6 nitrogen and oxygen atoms in total. The second-order valence-electron chi connectivity index (χ2n) is 7.64. The van der Waals surface area contributed by atoms with Gasteiger partial charge in [0.15, 0.2) is 0 Å². The number of rotatable bonds is 5. The predicted octanol–water partition coefficient (Wildman–Crippen LogP) is 1.59. The standard InChI is InChI=1S/C20H27N3O3S/c1-20-7-6-18(24)23(20)17(14-27-20)19(25)21-12-15-4-2-3-5-16(15)13-22-8-10-26-11-9-22/h2-5,17H,6-14H2,1H3,(H,21,25). The third kappa shape index (κ3) is 3.86. The Morgan fingerprint density at radius 3 is 2.81 bits per heavy atom. The van der Waals surface area contributed by atoms with Gasteiger partial charge in [-0.25, -0.2) is 0 Å². The number of morpholine rings is 1. The predicted molar refractivity (Wildman–Crippen MR) is 105 cm³/mol. The number of benzene rings is 1. The fourth-order valence-electron chi connectivity index (χ4n) is 4.20. The maximum absolute atomic E-state index is 12.8. The molecule has 2 amide bonds. The van der Waals surface area contributed by atoms with Crippen molar-refractivity contribution in [1.29, 1.82) is 0 Å². The molecule has 1 N–H and O–H groups in total. The van der Waals surface area contributed by atoms with E-state index in [1.54, 1.807) is 11.8 Å². The molecule has 0 spiro atoms. The van der Waals surface area contributed by atoms with Gasteiger partial charge in [0, 0.05) is 38.4 Å². The van der Waals surface area contributed by atoms with Gasteiger partial charge in [-0.15, -0.1) is 11.8 Å². The lowest BCUT2D eigenvalue weighted by molar-refractivity contribution is -0.138. The fourth-order valence-corrected chi connectivity index (χ4v) is 5.63. The summed E-state index contributed by atoms with van der Waals surface area (Å²) < 4.78 is 5.42. The largest absolute Gasteiger partial charge is 0.379 e. The number of fused-ring (bicyclic) bond motifs is 1. The van der Waals surface area contributed by atoms with Crippen LogP contribution >= 0.6 is 11.8 Å². The van der Waals surface area contributed by atoms with Gasteiger partial charge in [0.1, 0.15) is 6.04 Å². The van der Waals surface area contributed by atoms with E-state index < -0.39 is 0 Å². The van der Waals surface area contributed by atoms with Crippen LogP contribution in [0.1, 0.15) is 30.9 Å². The summed E-state index contributed by atoms with van der Waals surface area (Å²) >= 11 is 1.73. The third-order valence-electron chi connectivity index (χ3n) is 5.82. The number of thioether (sulfide) groups is 1. The summed E-state index contributed by atoms with van der Waals surface area (Å²) in [5.41, 5.74) is 2.38. The quantitative estimate of drug-likeness (QED) is 0.829. The normalized spacial score (nSPS) is 28.4. The molecule has 3 aliphatic rings. The van der Waals surface area contributed by atoms with Crippen molar-refractivity contribution in [2.24, 2.45) is 0 Å². The number of ether oxygens (including phenoxy) is 1. The van der Waals surface area contributed by atoms with E-state index in [0.29, 0.717) is 18.7 Å². The highest BCUT2D eigenvalue weighted by Gasteiger charge is 2.52. The zero-order chi connectivity index (χ0) is 18.9. The van der Waals surface area contributed by atoms with Crippen LogP contribution in [0.2, 0.25) is 0 Å². The lowest BCUT2D eigenvalue weighted by Gasteiger charge is -2.30. The van der Waals surface area contributed by atoms with Gasteiger partial charge in [-0.05, 0) is 24.5 Å². The molecule has 4 rings (SSSR count). The van der Waals surface area contributed by atoms with Crippen molar-refractivity contribution in [2.75, 3.05) is 32.1 Å². The van der Waals surface area contributed by atoms with Crippen LogP contribution in [0.5, 0.6) is 0 Å². The van der Waals surface area contributed by atoms with Crippen molar-refractivity contribution >= 4 is 23.6 Å². The molecular formula is C20H27N3O3S. The number of nitrogens with zero attached hydrogens (tertiary/aromatic N) is 2. The molecule has 2 unspecified atom stereocenters. The van der Waals surface area contributed by atoms with Crippen molar-refractivity contribution in [3.8, 4) is 0 Å². The van der Waals surface area contributed by atoms with Crippen molar-refractivity contribution in [3.63, 3.8) is 0 Å². The Morgan fingerprint density at radius 1 is 1.30 bits per heavy atom. The Labute approximate surface area is 164 Å². The molecule has 3 aliphatic heterocycles. The summed E-state index contributed by atoms with van der Waals surface area (Å²) in [5, 5.41) is 3.08. The first-order valence-corrected chi connectivity index (χ1v) is 10.7. The minimum atomic E-state index is -0.346. The first-order valence-electron chi connectivity index (χ1n) is 9.67. The fraction of sp³-hybridized carbons (Fsp3) is 0.600. The summed E-state index contributed by atoms with van der Waals surface area (Å²) in [6.07, 6.45) is 1.39. The second kappa shape index (κ2) is 7.81. The van der Waals surface area contributed by atoms with E-state index >= 15 is 0 Å². The average Bonchev–Trinajstić information content (AvgIpc) is 3.18. The molecule has 3 heterocycles. The van der Waals surface area contributed by atoms with E-state index in [1.165, 1.54) is 5.56 Å². The van der Waals surface area contributed by atoms with E-state index in [4.69, 9.17) is 4.74 Å². The Bertz CT molecular complexity index is 722. The molecule has 1 aromatic carbocycles. The molecule has 3 saturated heterocycles. The number of carbonyl (C=O) groups excluding carboxylic acids is 2. The SMILES string of the molecule is CC12CCC(=O)N1C(C(=O)NCc1ccccc1CN1CCOCC1)CS2. The van der Waals surface area contributed by atoms with Crippen molar-refractivity contribution < 1.29 is 14.3 Å². The summed E-state index contributed by atoms with van der Waals surface area (Å²) in [4.78, 5) is 29.0. The minimum Gasteiger partial charge on any atom is -0.379 e. The van der Waals surface area contributed by atoms with Gasteiger partial charge in [0.05, 0.1) is 18.1 Å². The van der Waals surface area contributed by atoms with Crippen LogP contribution in [0.3, 0.4) is 0 Å². The first kappa shape index (κ1) is 18.8. The summed E-state index contributed by atoms with van der Waals surface area (Å²) in [7, 11) is 0. The van der Waals surface area contributed by atoms with Crippen LogP contribution in [0.25, 0.3) is 0 Å². The highest BCUT2D eigenvalue weighted by molar-refractivity contribution is 8.01. The average molecular weight is 390 g/mol. The van der Waals surface area contributed by atoms with E-state index in [2.05, 4.69) is 29.3 Å². The highest BCUT2D eigenvalue weighted by Crippen LogP contribution is 2.47. The van der Waals surface area contributed by atoms with Gasteiger partial charge in [0.25, 0.3) is 0 Å². The smallest absolute Gasteiger partial charge is 0.243 e. The van der Waals surface area contributed by atoms with Crippen molar-refractivity contribution in [1.82, 2.24) is 15.1 Å². The first-order chi connectivity index (χ1) is 13.1. The molecular weight excluding hydrogens is 362 g/mol. The highest BCUT2D eigenvalue weighted by atomic mass is 32.2. The van der Waals surface area contributed by atoms with Crippen LogP contribution in [-0.4, -0.2) is 64.6 Å². The Hall–Kier alpha value is -1.57. The molecule has 0 aromatic heterocycles. The number of nitrogens with one attached hydrogen (secondary N) is 1. The zero-order valence-electron chi connectivity index (χ0n) is 15.8. The molecule has 27 heavy (non-hydrogen) atoms. The zero-order valence-corrected chi connectivity index (χ0v) is 16.6. The topological polar surface area (TPSA) is 61.9 Å². The molecule has 0 saturated carbocycles. The number of amides is 2. The lowest BCUT2D eigenvalue weighted by Crippen LogP contribution is -2.49. The summed E-state index contributed by atoms with van der Waals surface area (Å²) in [5.74, 6) is 0.752. The lowest BCUT2D eigenvalue weighted by atomic mass is 10.1. The van der Waals surface area contributed by atoms with Gasteiger partial charge < -0.3 is 15.0 Å². The minimum absolute atomic E-state index is 0.0392. The number of hydrogen-bond acceptors (Lipinski definition) is 5. The van der Waals surface area contributed by atoms with E-state index in [1.807, 2.05) is 17.0 Å². The van der Waals surface area contributed by atoms with Gasteiger partial charge >= 0.3 is 0 Å². The Morgan fingerprint density at radius 2 is 2.04 bits per heavy atom. The maximum Gasteiger partial charge on any atom is 0.243 e. The van der Waals surface area contributed by atoms with Crippen LogP contribution in [0, 0.1) is 0 Å². The molecule has 2 atom stereocenters. The number of hydrogen-bond donors (Lipinski definition) is 1. The summed E-state index contributed by atoms with van der Waals surface area (Å²) in [6, 6.07) is 7.91. The van der Waals surface area contributed by atoms with Gasteiger partial charge in [-0.3, -0.25) is 14.5 Å². The van der Waals surface area contributed by atoms with Crippen LogP contribution < -0.4 is 5.32 Å². The summed E-state index contributed by atoms with van der Waals surface area (Å²) in [6.45, 7) is 6.89. The van der Waals surface area contributed by atoms with Gasteiger partial charge in [-0.1, -0.05) is 24.3 Å². The van der Waals surface area contributed by atoms with E-state index in [0.717, 1.165) is 44.8 Å². The molecule has 3 fully saturated rings. The van der Waals surface area contributed by atoms with Crippen LogP contribution in [0.4, 0.5) is 0 Å². The van der Waals surface area contributed by atoms with Crippen LogP contribution in [-0.2, 0) is 27.4 Å². The molecule has 7 heteroatoms. The van der Waals surface area contributed by atoms with E-state index in [9.17, 15) is 9.59 Å². The number of carbonyl (C=O) groups is 2. The van der Waals surface area contributed by atoms with Crippen LogP contribution in [0.15, 0.2) is 24.3 Å². The van der Waals surface area contributed by atoms with Crippen molar-refractivity contribution in [2.45, 2.75) is 43.8 Å². The van der Waals surface area contributed by atoms with Crippen molar-refractivity contribution in [3.05, 3.63) is 35.4 Å². The molecule has 1 aromatic rings. The molecule has 0 aliphatic carbocycles. The van der Waals surface area contributed by atoms with E-state index in [-0.39, 0.29) is 22.7 Å². The third-order valence-corrected chi connectivity index (χ3v) is 7.32.